The van der Waals surface area contributed by atoms with Gasteiger partial charge in [0.1, 0.15) is 10.5 Å². The summed E-state index contributed by atoms with van der Waals surface area (Å²) in [5.74, 6) is 2.17. The molecule has 1 saturated carbocycles. The minimum atomic E-state index is -0.0258. The molecule has 0 radical (unpaired) electrons. The summed E-state index contributed by atoms with van der Waals surface area (Å²) in [7, 11) is 0. The number of nitrogens with one attached hydrogen (secondary N) is 3. The maximum atomic E-state index is 12.7. The lowest BCUT2D eigenvalue weighted by atomic mass is 9.71. The van der Waals surface area contributed by atoms with Gasteiger partial charge in [0.15, 0.2) is 0 Å². The Morgan fingerprint density at radius 3 is 2.96 bits per heavy atom. The number of thiophene rings is 1. The molecule has 0 aromatic carbocycles. The Balaban J connectivity index is 1.57. The molecular formula is C19H23N5OS. The molecule has 4 heterocycles. The number of piperidine rings is 1. The van der Waals surface area contributed by atoms with Gasteiger partial charge in [-0.2, -0.15) is 5.10 Å². The highest BCUT2D eigenvalue weighted by Crippen LogP contribution is 2.42. The summed E-state index contributed by atoms with van der Waals surface area (Å²) < 4.78 is 0.695. The molecule has 3 N–H and O–H groups in total. The van der Waals surface area contributed by atoms with Gasteiger partial charge in [-0.15, -0.1) is 11.3 Å². The number of hydrogen-bond acceptors (Lipinski definition) is 5. The van der Waals surface area contributed by atoms with E-state index in [0.29, 0.717) is 10.6 Å². The Labute approximate surface area is 155 Å². The largest absolute Gasteiger partial charge is 0.308 e. The fourth-order valence-corrected chi connectivity index (χ4v) is 5.80. The van der Waals surface area contributed by atoms with Crippen LogP contribution in [0.1, 0.15) is 49.7 Å². The number of aryl methyl sites for hydroxylation is 1. The predicted octanol–water partition coefficient (Wildman–Crippen LogP) is 3.52. The quantitative estimate of drug-likeness (QED) is 0.645. The van der Waals surface area contributed by atoms with Crippen molar-refractivity contribution in [3.8, 4) is 10.4 Å². The molecule has 0 bridgehead atoms. The van der Waals surface area contributed by atoms with Crippen LogP contribution in [-0.4, -0.2) is 26.7 Å². The van der Waals surface area contributed by atoms with E-state index in [-0.39, 0.29) is 11.6 Å². The Kier molecular flexibility index (Phi) is 3.94. The van der Waals surface area contributed by atoms with E-state index < -0.39 is 0 Å². The van der Waals surface area contributed by atoms with Crippen LogP contribution in [0.15, 0.2) is 17.1 Å². The van der Waals surface area contributed by atoms with Crippen LogP contribution in [0.5, 0.6) is 0 Å². The normalized spacial score (nSPS) is 26.1. The van der Waals surface area contributed by atoms with Crippen LogP contribution in [0.4, 0.5) is 0 Å². The standard InChI is InChI=1S/C19H23N5OS/c1-10-13(9-21-24-10)15-8-14-17(26-15)19(25)23-18(22-14)16-12-5-3-2-4-11(12)6-7-20-16/h8-9,11-12,16,20H,2-7H2,1H3,(H,21,24)(H,22,23,25). The Bertz CT molecular complexity index is 1000. The SMILES string of the molecule is Cc1[nH]ncc1-c1cc2nc(C3NCCC4CCCCC43)[nH]c(=O)c2s1. The molecule has 5 rings (SSSR count). The van der Waals surface area contributed by atoms with Crippen molar-refractivity contribution in [3.05, 3.63) is 34.1 Å². The molecule has 136 valence electrons. The van der Waals surface area contributed by atoms with Crippen LogP contribution in [0.25, 0.3) is 20.7 Å². The van der Waals surface area contributed by atoms with E-state index in [0.717, 1.165) is 39.9 Å². The van der Waals surface area contributed by atoms with E-state index in [1.165, 1.54) is 43.4 Å². The van der Waals surface area contributed by atoms with Gasteiger partial charge in [-0.1, -0.05) is 19.3 Å². The summed E-state index contributed by atoms with van der Waals surface area (Å²) in [5, 5.41) is 10.7. The van der Waals surface area contributed by atoms with Gasteiger partial charge in [0, 0.05) is 16.1 Å². The average molecular weight is 369 g/mol. The minimum Gasteiger partial charge on any atom is -0.308 e. The molecule has 7 heteroatoms. The highest BCUT2D eigenvalue weighted by atomic mass is 32.1. The lowest BCUT2D eigenvalue weighted by molar-refractivity contribution is 0.130. The number of hydrogen-bond donors (Lipinski definition) is 3. The molecule has 0 spiro atoms. The fraction of sp³-hybridized carbons (Fsp3) is 0.526. The van der Waals surface area contributed by atoms with Crippen LogP contribution in [0.2, 0.25) is 0 Å². The first-order valence-electron chi connectivity index (χ1n) is 9.48. The van der Waals surface area contributed by atoms with Crippen LogP contribution in [0.3, 0.4) is 0 Å². The number of fused-ring (bicyclic) bond motifs is 2. The van der Waals surface area contributed by atoms with Crippen LogP contribution >= 0.6 is 11.3 Å². The Morgan fingerprint density at radius 2 is 2.12 bits per heavy atom. The zero-order chi connectivity index (χ0) is 17.7. The Morgan fingerprint density at radius 1 is 1.23 bits per heavy atom. The van der Waals surface area contributed by atoms with Crippen molar-refractivity contribution in [2.45, 2.75) is 45.1 Å². The van der Waals surface area contributed by atoms with Gasteiger partial charge in [0.05, 0.1) is 17.8 Å². The maximum Gasteiger partial charge on any atom is 0.268 e. The van der Waals surface area contributed by atoms with E-state index in [1.807, 2.05) is 19.2 Å². The molecule has 1 saturated heterocycles. The second kappa shape index (κ2) is 6.32. The lowest BCUT2D eigenvalue weighted by Gasteiger charge is -2.41. The second-order valence-corrected chi connectivity index (χ2v) is 8.67. The van der Waals surface area contributed by atoms with Crippen molar-refractivity contribution in [1.82, 2.24) is 25.5 Å². The van der Waals surface area contributed by atoms with Crippen molar-refractivity contribution in [2.24, 2.45) is 11.8 Å². The number of nitrogens with zero attached hydrogens (tertiary/aromatic N) is 2. The molecular weight excluding hydrogens is 346 g/mol. The molecule has 6 nitrogen and oxygen atoms in total. The number of aromatic nitrogens is 4. The van der Waals surface area contributed by atoms with Gasteiger partial charge in [-0.25, -0.2) is 4.98 Å². The highest BCUT2D eigenvalue weighted by molar-refractivity contribution is 7.22. The van der Waals surface area contributed by atoms with Gasteiger partial charge in [-0.05, 0) is 44.2 Å². The average Bonchev–Trinajstić information content (AvgIpc) is 3.27. The smallest absolute Gasteiger partial charge is 0.268 e. The molecule has 3 unspecified atom stereocenters. The molecule has 0 amide bonds. The molecule has 1 aliphatic carbocycles. The van der Waals surface area contributed by atoms with Crippen molar-refractivity contribution >= 4 is 21.6 Å². The third-order valence-electron chi connectivity index (χ3n) is 6.07. The van der Waals surface area contributed by atoms with E-state index in [2.05, 4.69) is 20.5 Å². The first kappa shape index (κ1) is 16.2. The minimum absolute atomic E-state index is 0.0258. The summed E-state index contributed by atoms with van der Waals surface area (Å²) >= 11 is 1.49. The fourth-order valence-electron chi connectivity index (χ4n) is 4.75. The molecule has 2 fully saturated rings. The van der Waals surface area contributed by atoms with Crippen molar-refractivity contribution < 1.29 is 0 Å². The molecule has 26 heavy (non-hydrogen) atoms. The van der Waals surface area contributed by atoms with E-state index in [4.69, 9.17) is 4.98 Å². The lowest BCUT2D eigenvalue weighted by Crippen LogP contribution is -2.42. The second-order valence-electron chi connectivity index (χ2n) is 7.61. The molecule has 1 aliphatic heterocycles. The van der Waals surface area contributed by atoms with Gasteiger partial charge in [0.2, 0.25) is 0 Å². The van der Waals surface area contributed by atoms with Gasteiger partial charge in [0.25, 0.3) is 5.56 Å². The predicted molar refractivity (Wildman–Crippen MR) is 103 cm³/mol. The molecule has 3 aromatic rings. The molecule has 3 atom stereocenters. The van der Waals surface area contributed by atoms with Crippen LogP contribution in [0, 0.1) is 18.8 Å². The summed E-state index contributed by atoms with van der Waals surface area (Å²) in [6.45, 7) is 3.00. The molecule has 2 aliphatic rings. The number of rotatable bonds is 2. The number of aromatic amines is 2. The Hall–Kier alpha value is -1.99. The van der Waals surface area contributed by atoms with Crippen LogP contribution in [-0.2, 0) is 0 Å². The zero-order valence-electron chi connectivity index (χ0n) is 14.8. The van der Waals surface area contributed by atoms with Gasteiger partial charge in [-0.3, -0.25) is 9.89 Å². The van der Waals surface area contributed by atoms with Crippen molar-refractivity contribution in [2.75, 3.05) is 6.54 Å². The van der Waals surface area contributed by atoms with E-state index in [1.54, 1.807) is 0 Å². The topological polar surface area (TPSA) is 86.5 Å². The molecule has 3 aromatic heterocycles. The summed E-state index contributed by atoms with van der Waals surface area (Å²) in [5.41, 5.74) is 2.82. The first-order chi connectivity index (χ1) is 12.7. The van der Waals surface area contributed by atoms with E-state index >= 15 is 0 Å². The monoisotopic (exact) mass is 369 g/mol. The summed E-state index contributed by atoms with van der Waals surface area (Å²) in [6.07, 6.45) is 8.23. The third kappa shape index (κ3) is 2.61. The first-order valence-corrected chi connectivity index (χ1v) is 10.3. The third-order valence-corrected chi connectivity index (χ3v) is 7.22. The van der Waals surface area contributed by atoms with Gasteiger partial charge < -0.3 is 10.3 Å². The summed E-state index contributed by atoms with van der Waals surface area (Å²) in [4.78, 5) is 21.7. The number of H-pyrrole nitrogens is 2. The van der Waals surface area contributed by atoms with Gasteiger partial charge >= 0.3 is 0 Å². The maximum absolute atomic E-state index is 12.7. The summed E-state index contributed by atoms with van der Waals surface area (Å²) in [6, 6.07) is 2.20. The van der Waals surface area contributed by atoms with E-state index in [9.17, 15) is 4.79 Å². The van der Waals surface area contributed by atoms with Crippen molar-refractivity contribution in [3.63, 3.8) is 0 Å². The zero-order valence-corrected chi connectivity index (χ0v) is 15.7. The van der Waals surface area contributed by atoms with Crippen LogP contribution < -0.4 is 10.9 Å². The highest BCUT2D eigenvalue weighted by Gasteiger charge is 2.36. The van der Waals surface area contributed by atoms with Crippen molar-refractivity contribution in [1.29, 1.82) is 0 Å².